The van der Waals surface area contributed by atoms with E-state index < -0.39 is 0 Å². The number of nitrogens with zero attached hydrogens (tertiary/aromatic N) is 1. The van der Waals surface area contributed by atoms with Gasteiger partial charge in [-0.1, -0.05) is 6.58 Å². The van der Waals surface area contributed by atoms with Crippen molar-refractivity contribution < 1.29 is 4.74 Å². The first kappa shape index (κ1) is 10.3. The summed E-state index contributed by atoms with van der Waals surface area (Å²) in [5.74, 6) is 0.912. The van der Waals surface area contributed by atoms with Crippen LogP contribution in [0.15, 0.2) is 36.7 Å². The molecule has 1 aliphatic rings. The second-order valence-electron chi connectivity index (χ2n) is 4.46. The summed E-state index contributed by atoms with van der Waals surface area (Å²) in [6.07, 6.45) is 3.14. The first-order chi connectivity index (χ1) is 8.28. The third kappa shape index (κ3) is 1.88. The molecule has 0 aliphatic carbocycles. The molecule has 3 rings (SSSR count). The van der Waals surface area contributed by atoms with E-state index in [-0.39, 0.29) is 0 Å². The van der Waals surface area contributed by atoms with E-state index in [1.165, 1.54) is 22.2 Å². The van der Waals surface area contributed by atoms with Crippen LogP contribution in [-0.4, -0.2) is 30.1 Å². The highest BCUT2D eigenvalue weighted by Crippen LogP contribution is 2.25. The number of hydrogen-bond donors (Lipinski definition) is 1. The van der Waals surface area contributed by atoms with Crippen LogP contribution in [0.3, 0.4) is 0 Å². The smallest absolute Gasteiger partial charge is 0.119 e. The number of fused-ring (bicyclic) bond motifs is 1. The molecule has 1 aliphatic heterocycles. The van der Waals surface area contributed by atoms with Crippen LogP contribution in [-0.2, 0) is 6.42 Å². The molecular formula is C14H16N2O. The van der Waals surface area contributed by atoms with Gasteiger partial charge in [0.05, 0.1) is 13.7 Å². The van der Waals surface area contributed by atoms with Crippen LogP contribution in [0.25, 0.3) is 10.9 Å². The molecule has 3 nitrogen and oxygen atoms in total. The minimum atomic E-state index is 0.912. The Bertz CT molecular complexity index is 571. The number of methoxy groups -OCH3 is 1. The molecule has 0 amide bonds. The molecule has 0 atom stereocenters. The van der Waals surface area contributed by atoms with Crippen LogP contribution in [0.2, 0.25) is 0 Å². The highest BCUT2D eigenvalue weighted by atomic mass is 16.5. The molecular weight excluding hydrogens is 212 g/mol. The van der Waals surface area contributed by atoms with Crippen molar-refractivity contribution in [2.45, 2.75) is 6.42 Å². The first-order valence-corrected chi connectivity index (χ1v) is 5.84. The van der Waals surface area contributed by atoms with Gasteiger partial charge in [0.15, 0.2) is 0 Å². The summed E-state index contributed by atoms with van der Waals surface area (Å²) in [6, 6.07) is 6.14. The highest BCUT2D eigenvalue weighted by Gasteiger charge is 2.21. The van der Waals surface area contributed by atoms with Crippen molar-refractivity contribution in [1.29, 1.82) is 0 Å². The number of ether oxygens (including phenoxy) is 1. The van der Waals surface area contributed by atoms with Crippen molar-refractivity contribution in [3.63, 3.8) is 0 Å². The van der Waals surface area contributed by atoms with Gasteiger partial charge in [0.1, 0.15) is 5.75 Å². The summed E-state index contributed by atoms with van der Waals surface area (Å²) in [5.41, 5.74) is 3.77. The van der Waals surface area contributed by atoms with Crippen molar-refractivity contribution in [2.24, 2.45) is 0 Å². The number of benzene rings is 1. The van der Waals surface area contributed by atoms with E-state index in [1.54, 1.807) is 7.11 Å². The summed E-state index contributed by atoms with van der Waals surface area (Å²) < 4.78 is 5.26. The van der Waals surface area contributed by atoms with Crippen molar-refractivity contribution in [1.82, 2.24) is 9.88 Å². The van der Waals surface area contributed by atoms with Gasteiger partial charge in [-0.15, -0.1) is 0 Å². The lowest BCUT2D eigenvalue weighted by molar-refractivity contribution is 0.415. The Hall–Kier alpha value is -1.90. The first-order valence-electron chi connectivity index (χ1n) is 5.84. The maximum Gasteiger partial charge on any atom is 0.119 e. The Balaban J connectivity index is 1.85. The van der Waals surface area contributed by atoms with Gasteiger partial charge >= 0.3 is 0 Å². The van der Waals surface area contributed by atoms with Crippen LogP contribution >= 0.6 is 0 Å². The Labute approximate surface area is 101 Å². The van der Waals surface area contributed by atoms with Crippen molar-refractivity contribution in [3.8, 4) is 5.75 Å². The van der Waals surface area contributed by atoms with Gasteiger partial charge in [0.2, 0.25) is 0 Å². The van der Waals surface area contributed by atoms with E-state index in [1.807, 2.05) is 6.07 Å². The van der Waals surface area contributed by atoms with Crippen LogP contribution in [0, 0.1) is 0 Å². The largest absolute Gasteiger partial charge is 0.497 e. The van der Waals surface area contributed by atoms with Crippen molar-refractivity contribution in [2.75, 3.05) is 20.2 Å². The van der Waals surface area contributed by atoms with Crippen molar-refractivity contribution in [3.05, 3.63) is 42.2 Å². The van der Waals surface area contributed by atoms with Crippen LogP contribution in [0.4, 0.5) is 0 Å². The molecule has 17 heavy (non-hydrogen) atoms. The monoisotopic (exact) mass is 228 g/mol. The maximum absolute atomic E-state index is 5.26. The Morgan fingerprint density at radius 3 is 3.00 bits per heavy atom. The van der Waals surface area contributed by atoms with Gasteiger partial charge in [-0.3, -0.25) is 0 Å². The van der Waals surface area contributed by atoms with Crippen LogP contribution < -0.4 is 4.74 Å². The van der Waals surface area contributed by atoms with Gasteiger partial charge in [0, 0.05) is 29.3 Å². The molecule has 3 heteroatoms. The zero-order valence-electron chi connectivity index (χ0n) is 9.99. The second kappa shape index (κ2) is 3.84. The molecule has 2 aromatic rings. The number of aromatic amines is 1. The van der Waals surface area contributed by atoms with Gasteiger partial charge in [-0.2, -0.15) is 0 Å². The zero-order chi connectivity index (χ0) is 11.8. The van der Waals surface area contributed by atoms with Gasteiger partial charge in [-0.25, -0.2) is 0 Å². The maximum atomic E-state index is 5.26. The van der Waals surface area contributed by atoms with Crippen LogP contribution in [0.5, 0.6) is 5.75 Å². The Morgan fingerprint density at radius 2 is 2.29 bits per heavy atom. The molecule has 0 spiro atoms. The molecule has 0 saturated carbocycles. The minimum absolute atomic E-state index is 0.912. The lowest BCUT2D eigenvalue weighted by atomic mass is 10.1. The topological polar surface area (TPSA) is 28.0 Å². The Kier molecular flexibility index (Phi) is 2.32. The second-order valence-corrected chi connectivity index (χ2v) is 4.46. The lowest BCUT2D eigenvalue weighted by Gasteiger charge is -2.03. The van der Waals surface area contributed by atoms with Gasteiger partial charge in [-0.05, 0) is 30.2 Å². The van der Waals surface area contributed by atoms with Gasteiger partial charge in [0.25, 0.3) is 0 Å². The fourth-order valence-corrected chi connectivity index (χ4v) is 2.17. The van der Waals surface area contributed by atoms with Crippen LogP contribution in [0.1, 0.15) is 5.56 Å². The lowest BCUT2D eigenvalue weighted by Crippen LogP contribution is -2.01. The molecule has 1 aromatic heterocycles. The zero-order valence-corrected chi connectivity index (χ0v) is 9.99. The predicted molar refractivity (Wildman–Crippen MR) is 69.3 cm³/mol. The SMILES string of the molecule is C=C1CN1CCc1c[nH]c2ccc(OC)cc12. The molecule has 1 fully saturated rings. The van der Waals surface area contributed by atoms with E-state index in [0.717, 1.165) is 25.3 Å². The van der Waals surface area contributed by atoms with Crippen molar-refractivity contribution >= 4 is 10.9 Å². The molecule has 2 heterocycles. The Morgan fingerprint density at radius 1 is 1.47 bits per heavy atom. The molecule has 1 N–H and O–H groups in total. The molecule has 0 bridgehead atoms. The average molecular weight is 228 g/mol. The number of hydrogen-bond acceptors (Lipinski definition) is 2. The molecule has 0 radical (unpaired) electrons. The fourth-order valence-electron chi connectivity index (χ4n) is 2.17. The average Bonchev–Trinajstić information content (AvgIpc) is 2.91. The number of H-pyrrole nitrogens is 1. The molecule has 0 unspecified atom stereocenters. The third-order valence-corrected chi connectivity index (χ3v) is 3.34. The quantitative estimate of drug-likeness (QED) is 0.814. The molecule has 1 aromatic carbocycles. The third-order valence-electron chi connectivity index (χ3n) is 3.34. The standard InChI is InChI=1S/C14H16N2O/c1-10-9-16(10)6-5-11-8-15-14-4-3-12(17-2)7-13(11)14/h3-4,7-8,15H,1,5-6,9H2,2H3. The molecule has 1 saturated heterocycles. The summed E-state index contributed by atoms with van der Waals surface area (Å²) >= 11 is 0. The van der Waals surface area contributed by atoms with E-state index >= 15 is 0 Å². The summed E-state index contributed by atoms with van der Waals surface area (Å²) in [6.45, 7) is 6.06. The predicted octanol–water partition coefficient (Wildman–Crippen LogP) is 2.55. The van der Waals surface area contributed by atoms with E-state index in [2.05, 4.69) is 34.8 Å². The van der Waals surface area contributed by atoms with Gasteiger partial charge < -0.3 is 14.6 Å². The number of nitrogens with one attached hydrogen (secondary N) is 1. The van der Waals surface area contributed by atoms with E-state index in [4.69, 9.17) is 4.74 Å². The molecule has 88 valence electrons. The summed E-state index contributed by atoms with van der Waals surface area (Å²) in [7, 11) is 1.70. The summed E-state index contributed by atoms with van der Waals surface area (Å²) in [4.78, 5) is 5.59. The van der Waals surface area contributed by atoms with E-state index in [9.17, 15) is 0 Å². The fraction of sp³-hybridized carbons (Fsp3) is 0.286. The number of aromatic nitrogens is 1. The summed E-state index contributed by atoms with van der Waals surface area (Å²) in [5, 5.41) is 1.26. The normalized spacial score (nSPS) is 14.4. The highest BCUT2D eigenvalue weighted by molar-refractivity contribution is 5.84. The van der Waals surface area contributed by atoms with E-state index in [0.29, 0.717) is 0 Å². The minimum Gasteiger partial charge on any atom is -0.497 e. The number of rotatable bonds is 4.